The van der Waals surface area contributed by atoms with Crippen molar-refractivity contribution >= 4 is 17.5 Å². The standard InChI is InChI=1S/C22H28N4O2/c23-20-9-5-17(6-10-20)15-21(27)25-16-18-3-7-19(8-4-18)22(28)24-11-14-26-12-1-2-13-26/h3-10H,1-2,11-16,23H2,(H,24,28)(H,25,27). The summed E-state index contributed by atoms with van der Waals surface area (Å²) in [5, 5.41) is 5.87. The maximum Gasteiger partial charge on any atom is 0.251 e. The molecule has 0 aliphatic carbocycles. The first-order valence-electron chi connectivity index (χ1n) is 9.81. The van der Waals surface area contributed by atoms with Gasteiger partial charge in [0.15, 0.2) is 0 Å². The molecule has 0 atom stereocenters. The summed E-state index contributed by atoms with van der Waals surface area (Å²) < 4.78 is 0. The molecule has 2 amide bonds. The molecule has 6 nitrogen and oxygen atoms in total. The Kier molecular flexibility index (Phi) is 7.03. The van der Waals surface area contributed by atoms with Crippen molar-refractivity contribution in [2.24, 2.45) is 0 Å². The molecule has 148 valence electrons. The number of hydrogen-bond acceptors (Lipinski definition) is 4. The Balaban J connectivity index is 1.40. The van der Waals surface area contributed by atoms with Crippen LogP contribution in [0.5, 0.6) is 0 Å². The summed E-state index contributed by atoms with van der Waals surface area (Å²) in [5.41, 5.74) is 8.85. The van der Waals surface area contributed by atoms with Gasteiger partial charge in [0, 0.05) is 30.9 Å². The van der Waals surface area contributed by atoms with Crippen LogP contribution in [-0.2, 0) is 17.8 Å². The molecule has 0 spiro atoms. The lowest BCUT2D eigenvalue weighted by molar-refractivity contribution is -0.120. The maximum absolute atomic E-state index is 12.2. The summed E-state index contributed by atoms with van der Waals surface area (Å²) in [6.45, 7) is 4.28. The van der Waals surface area contributed by atoms with Crippen LogP contribution in [0, 0.1) is 0 Å². The van der Waals surface area contributed by atoms with Gasteiger partial charge in [-0.05, 0) is 61.3 Å². The number of likely N-dealkylation sites (tertiary alicyclic amines) is 1. The Morgan fingerprint density at radius 3 is 2.21 bits per heavy atom. The maximum atomic E-state index is 12.2. The van der Waals surface area contributed by atoms with Crippen molar-refractivity contribution < 1.29 is 9.59 Å². The van der Waals surface area contributed by atoms with Crippen LogP contribution in [0.1, 0.15) is 34.3 Å². The van der Waals surface area contributed by atoms with Crippen molar-refractivity contribution in [3.05, 3.63) is 65.2 Å². The van der Waals surface area contributed by atoms with Crippen LogP contribution in [0.15, 0.2) is 48.5 Å². The van der Waals surface area contributed by atoms with E-state index >= 15 is 0 Å². The molecule has 0 radical (unpaired) electrons. The molecule has 1 aliphatic heterocycles. The third-order valence-corrected chi connectivity index (χ3v) is 4.96. The van der Waals surface area contributed by atoms with E-state index in [0.717, 1.165) is 30.8 Å². The molecule has 1 aliphatic rings. The number of benzene rings is 2. The Morgan fingerprint density at radius 2 is 1.54 bits per heavy atom. The van der Waals surface area contributed by atoms with E-state index in [9.17, 15) is 9.59 Å². The lowest BCUT2D eigenvalue weighted by atomic mass is 10.1. The summed E-state index contributed by atoms with van der Waals surface area (Å²) in [6, 6.07) is 14.6. The molecule has 0 aromatic heterocycles. The topological polar surface area (TPSA) is 87.5 Å². The molecule has 1 heterocycles. The average Bonchev–Trinajstić information content (AvgIpc) is 3.22. The van der Waals surface area contributed by atoms with E-state index in [4.69, 9.17) is 5.73 Å². The zero-order valence-electron chi connectivity index (χ0n) is 16.1. The summed E-state index contributed by atoms with van der Waals surface area (Å²) in [4.78, 5) is 26.6. The highest BCUT2D eigenvalue weighted by Crippen LogP contribution is 2.08. The summed E-state index contributed by atoms with van der Waals surface area (Å²) in [7, 11) is 0. The molecular formula is C22H28N4O2. The molecule has 0 bridgehead atoms. The highest BCUT2D eigenvalue weighted by atomic mass is 16.2. The second-order valence-electron chi connectivity index (χ2n) is 7.20. The molecule has 3 rings (SSSR count). The highest BCUT2D eigenvalue weighted by Gasteiger charge is 2.12. The number of rotatable bonds is 8. The Bertz CT molecular complexity index is 781. The van der Waals surface area contributed by atoms with Crippen LogP contribution in [-0.4, -0.2) is 42.9 Å². The van der Waals surface area contributed by atoms with Gasteiger partial charge in [-0.25, -0.2) is 0 Å². The molecule has 2 aromatic carbocycles. The number of amides is 2. The fraction of sp³-hybridized carbons (Fsp3) is 0.364. The first-order valence-corrected chi connectivity index (χ1v) is 9.81. The number of nitrogens with zero attached hydrogens (tertiary/aromatic N) is 1. The van der Waals surface area contributed by atoms with Crippen LogP contribution in [0.4, 0.5) is 5.69 Å². The fourth-order valence-electron chi connectivity index (χ4n) is 3.29. The van der Waals surface area contributed by atoms with Crippen molar-refractivity contribution in [1.29, 1.82) is 0 Å². The minimum atomic E-state index is -0.0573. The van der Waals surface area contributed by atoms with Gasteiger partial charge in [0.25, 0.3) is 5.91 Å². The Labute approximate surface area is 166 Å². The molecule has 2 aromatic rings. The van der Waals surface area contributed by atoms with Gasteiger partial charge in [-0.15, -0.1) is 0 Å². The van der Waals surface area contributed by atoms with E-state index in [1.807, 2.05) is 24.3 Å². The Hall–Kier alpha value is -2.86. The number of nitrogens with one attached hydrogen (secondary N) is 2. The molecule has 1 saturated heterocycles. The molecule has 0 saturated carbocycles. The van der Waals surface area contributed by atoms with Crippen molar-refractivity contribution in [3.8, 4) is 0 Å². The number of nitrogens with two attached hydrogens (primary N) is 1. The minimum absolute atomic E-state index is 0.0477. The van der Waals surface area contributed by atoms with Crippen LogP contribution in [0.25, 0.3) is 0 Å². The highest BCUT2D eigenvalue weighted by molar-refractivity contribution is 5.94. The second kappa shape index (κ2) is 9.90. The predicted octanol–water partition coefficient (Wildman–Crippen LogP) is 1.95. The molecule has 28 heavy (non-hydrogen) atoms. The molecule has 0 unspecified atom stereocenters. The van der Waals surface area contributed by atoms with E-state index in [1.54, 1.807) is 24.3 Å². The smallest absolute Gasteiger partial charge is 0.251 e. The van der Waals surface area contributed by atoms with Crippen molar-refractivity contribution in [3.63, 3.8) is 0 Å². The lowest BCUT2D eigenvalue weighted by Crippen LogP contribution is -2.33. The number of nitrogen functional groups attached to an aromatic ring is 1. The normalized spacial score (nSPS) is 14.0. The monoisotopic (exact) mass is 380 g/mol. The van der Waals surface area contributed by atoms with E-state index < -0.39 is 0 Å². The number of carbonyl (C=O) groups is 2. The lowest BCUT2D eigenvalue weighted by Gasteiger charge is -2.14. The zero-order chi connectivity index (χ0) is 19.8. The number of carbonyl (C=O) groups excluding carboxylic acids is 2. The van der Waals surface area contributed by atoms with Gasteiger partial charge in [-0.3, -0.25) is 9.59 Å². The Morgan fingerprint density at radius 1 is 0.893 bits per heavy atom. The fourth-order valence-corrected chi connectivity index (χ4v) is 3.29. The van der Waals surface area contributed by atoms with Gasteiger partial charge in [0.05, 0.1) is 6.42 Å². The summed E-state index contributed by atoms with van der Waals surface area (Å²) in [6.07, 6.45) is 2.83. The van der Waals surface area contributed by atoms with Gasteiger partial charge in [0.1, 0.15) is 0 Å². The van der Waals surface area contributed by atoms with Crippen molar-refractivity contribution in [2.75, 3.05) is 31.9 Å². The number of hydrogen-bond donors (Lipinski definition) is 3. The molecule has 1 fully saturated rings. The first-order chi connectivity index (χ1) is 13.6. The van der Waals surface area contributed by atoms with Crippen molar-refractivity contribution in [1.82, 2.24) is 15.5 Å². The second-order valence-corrected chi connectivity index (χ2v) is 7.20. The van der Waals surface area contributed by atoms with Crippen LogP contribution >= 0.6 is 0 Å². The van der Waals surface area contributed by atoms with Gasteiger partial charge in [0.2, 0.25) is 5.91 Å². The van der Waals surface area contributed by atoms with E-state index in [2.05, 4.69) is 15.5 Å². The van der Waals surface area contributed by atoms with E-state index in [1.165, 1.54) is 12.8 Å². The van der Waals surface area contributed by atoms with Crippen LogP contribution in [0.3, 0.4) is 0 Å². The number of anilines is 1. The minimum Gasteiger partial charge on any atom is -0.399 e. The van der Waals surface area contributed by atoms with Crippen molar-refractivity contribution in [2.45, 2.75) is 25.8 Å². The molecule has 6 heteroatoms. The summed E-state index contributed by atoms with van der Waals surface area (Å²) in [5.74, 6) is -0.105. The first kappa shape index (κ1) is 19.9. The third kappa shape index (κ3) is 6.09. The van der Waals surface area contributed by atoms with E-state index in [0.29, 0.717) is 30.8 Å². The third-order valence-electron chi connectivity index (χ3n) is 4.96. The van der Waals surface area contributed by atoms with Crippen LogP contribution < -0.4 is 16.4 Å². The predicted molar refractivity (Wildman–Crippen MR) is 111 cm³/mol. The quantitative estimate of drug-likeness (QED) is 0.611. The van der Waals surface area contributed by atoms with E-state index in [-0.39, 0.29) is 11.8 Å². The largest absolute Gasteiger partial charge is 0.399 e. The zero-order valence-corrected chi connectivity index (χ0v) is 16.1. The average molecular weight is 380 g/mol. The summed E-state index contributed by atoms with van der Waals surface area (Å²) >= 11 is 0. The van der Waals surface area contributed by atoms with Gasteiger partial charge >= 0.3 is 0 Å². The molecule has 4 N–H and O–H groups in total. The van der Waals surface area contributed by atoms with Crippen LogP contribution in [0.2, 0.25) is 0 Å². The van der Waals surface area contributed by atoms with Gasteiger partial charge < -0.3 is 21.3 Å². The van der Waals surface area contributed by atoms with Gasteiger partial charge in [-0.1, -0.05) is 24.3 Å². The van der Waals surface area contributed by atoms with Gasteiger partial charge in [-0.2, -0.15) is 0 Å². The SMILES string of the molecule is Nc1ccc(CC(=O)NCc2ccc(C(=O)NCCN3CCCC3)cc2)cc1. The molecular weight excluding hydrogens is 352 g/mol.